The first-order chi connectivity index (χ1) is 11.5. The molecule has 0 unspecified atom stereocenters. The van der Waals surface area contributed by atoms with Crippen molar-refractivity contribution in [3.63, 3.8) is 0 Å². The number of rotatable bonds is 5. The quantitative estimate of drug-likeness (QED) is 0.600. The normalized spacial score (nSPS) is 11.0. The molecular weight excluding hydrogens is 322 g/mol. The van der Waals surface area contributed by atoms with Gasteiger partial charge in [-0.15, -0.1) is 0 Å². The highest BCUT2D eigenvalue weighted by molar-refractivity contribution is 6.30. The summed E-state index contributed by atoms with van der Waals surface area (Å²) in [5, 5.41) is 15.6. The molecule has 0 bridgehead atoms. The van der Waals surface area contributed by atoms with Crippen LogP contribution in [0.5, 0.6) is 0 Å². The number of hydrogen-bond acceptors (Lipinski definition) is 3. The largest absolute Gasteiger partial charge is 0.360 e. The van der Waals surface area contributed by atoms with Crippen molar-refractivity contribution in [2.24, 2.45) is 0 Å². The number of benzene rings is 2. The molecule has 0 aliphatic carbocycles. The molecule has 0 atom stereocenters. The zero-order valence-electron chi connectivity index (χ0n) is 13.5. The fourth-order valence-corrected chi connectivity index (χ4v) is 2.28. The first-order valence-corrected chi connectivity index (χ1v) is 7.91. The minimum Gasteiger partial charge on any atom is -0.360 e. The van der Waals surface area contributed by atoms with E-state index in [2.05, 4.69) is 10.6 Å². The lowest BCUT2D eigenvalue weighted by Crippen LogP contribution is -2.16. The predicted molar refractivity (Wildman–Crippen MR) is 97.9 cm³/mol. The number of hydrogen-bond donors (Lipinski definition) is 2. The smallest absolute Gasteiger partial charge is 0.267 e. The van der Waals surface area contributed by atoms with Crippen LogP contribution in [0.2, 0.25) is 5.02 Å². The molecule has 0 aromatic heterocycles. The van der Waals surface area contributed by atoms with Crippen LogP contribution in [0.1, 0.15) is 25.3 Å². The number of carbonyl (C=O) groups excluding carboxylic acids is 1. The maximum atomic E-state index is 12.3. The van der Waals surface area contributed by atoms with Gasteiger partial charge in [-0.05, 0) is 41.8 Å². The highest BCUT2D eigenvalue weighted by atomic mass is 35.5. The molecule has 2 aromatic carbocycles. The van der Waals surface area contributed by atoms with Crippen LogP contribution in [-0.2, 0) is 4.79 Å². The summed E-state index contributed by atoms with van der Waals surface area (Å²) < 4.78 is 0. The first-order valence-electron chi connectivity index (χ1n) is 7.54. The second kappa shape index (κ2) is 8.19. The summed E-state index contributed by atoms with van der Waals surface area (Å²) in [5.74, 6) is -0.185. The van der Waals surface area contributed by atoms with E-state index in [1.807, 2.05) is 44.2 Å². The van der Waals surface area contributed by atoms with Crippen molar-refractivity contribution >= 4 is 28.9 Å². The Morgan fingerprint density at radius 1 is 1.17 bits per heavy atom. The highest BCUT2D eigenvalue weighted by Gasteiger charge is 2.12. The van der Waals surface area contributed by atoms with Gasteiger partial charge in [-0.3, -0.25) is 4.79 Å². The third-order valence-corrected chi connectivity index (χ3v) is 3.68. The van der Waals surface area contributed by atoms with E-state index >= 15 is 0 Å². The fourth-order valence-electron chi connectivity index (χ4n) is 2.15. The number of amides is 1. The Bertz CT molecular complexity index is 789. The van der Waals surface area contributed by atoms with Gasteiger partial charge in [0.15, 0.2) is 0 Å². The molecule has 24 heavy (non-hydrogen) atoms. The van der Waals surface area contributed by atoms with Gasteiger partial charge in [0.2, 0.25) is 0 Å². The van der Waals surface area contributed by atoms with Crippen LogP contribution >= 0.6 is 11.6 Å². The van der Waals surface area contributed by atoms with Crippen LogP contribution in [0.4, 0.5) is 11.4 Å². The molecule has 0 aliphatic rings. The SMILES string of the molecule is CC(C)c1ccccc1NC(=O)/C(C#N)=C\Nc1ccc(Cl)cc1. The van der Waals surface area contributed by atoms with E-state index in [0.717, 1.165) is 11.3 Å². The molecule has 2 aromatic rings. The van der Waals surface area contributed by atoms with Crippen LogP contribution in [0, 0.1) is 11.3 Å². The van der Waals surface area contributed by atoms with Gasteiger partial charge in [0.05, 0.1) is 0 Å². The van der Waals surface area contributed by atoms with Crippen LogP contribution in [0.3, 0.4) is 0 Å². The molecule has 122 valence electrons. The Labute approximate surface area is 146 Å². The van der Waals surface area contributed by atoms with E-state index in [1.165, 1.54) is 6.20 Å². The number of anilines is 2. The lowest BCUT2D eigenvalue weighted by Gasteiger charge is -2.13. The highest BCUT2D eigenvalue weighted by Crippen LogP contribution is 2.24. The molecule has 0 saturated heterocycles. The average Bonchev–Trinajstić information content (AvgIpc) is 2.57. The van der Waals surface area contributed by atoms with Gasteiger partial charge in [0, 0.05) is 22.6 Å². The molecule has 2 N–H and O–H groups in total. The maximum absolute atomic E-state index is 12.3. The molecule has 2 rings (SSSR count). The summed E-state index contributed by atoms with van der Waals surface area (Å²) in [6.07, 6.45) is 1.39. The van der Waals surface area contributed by atoms with Crippen molar-refractivity contribution in [2.45, 2.75) is 19.8 Å². The molecule has 4 nitrogen and oxygen atoms in total. The standard InChI is InChI=1S/C19H18ClN3O/c1-13(2)17-5-3-4-6-18(17)23-19(24)14(11-21)12-22-16-9-7-15(20)8-10-16/h3-10,12-13,22H,1-2H3,(H,23,24)/b14-12-. The molecule has 1 amide bonds. The minimum atomic E-state index is -0.452. The van der Waals surface area contributed by atoms with Gasteiger partial charge < -0.3 is 10.6 Å². The van der Waals surface area contributed by atoms with Gasteiger partial charge in [-0.1, -0.05) is 43.6 Å². The number of nitrogens with zero attached hydrogens (tertiary/aromatic N) is 1. The Balaban J connectivity index is 2.13. The molecular formula is C19H18ClN3O. The van der Waals surface area contributed by atoms with E-state index in [-0.39, 0.29) is 11.5 Å². The van der Waals surface area contributed by atoms with Gasteiger partial charge in [-0.25, -0.2) is 0 Å². The number of para-hydroxylation sites is 1. The second-order valence-electron chi connectivity index (χ2n) is 5.52. The van der Waals surface area contributed by atoms with Crippen molar-refractivity contribution in [3.8, 4) is 6.07 Å². The van der Waals surface area contributed by atoms with Gasteiger partial charge in [0.1, 0.15) is 11.6 Å². The molecule has 0 radical (unpaired) electrons. The van der Waals surface area contributed by atoms with Gasteiger partial charge >= 0.3 is 0 Å². The Kier molecular flexibility index (Phi) is 6.00. The number of nitrogens with one attached hydrogen (secondary N) is 2. The van der Waals surface area contributed by atoms with Crippen LogP contribution < -0.4 is 10.6 Å². The minimum absolute atomic E-state index is 0.0106. The van der Waals surface area contributed by atoms with E-state index in [4.69, 9.17) is 11.6 Å². The van der Waals surface area contributed by atoms with Crippen molar-refractivity contribution in [1.29, 1.82) is 5.26 Å². The molecule has 0 spiro atoms. The summed E-state index contributed by atoms with van der Waals surface area (Å²) in [6.45, 7) is 4.10. The molecule has 5 heteroatoms. The van der Waals surface area contributed by atoms with Crippen LogP contribution in [0.25, 0.3) is 0 Å². The topological polar surface area (TPSA) is 64.9 Å². The van der Waals surface area contributed by atoms with E-state index in [0.29, 0.717) is 10.7 Å². The lowest BCUT2D eigenvalue weighted by molar-refractivity contribution is -0.112. The zero-order chi connectivity index (χ0) is 17.5. The molecule has 0 aliphatic heterocycles. The lowest BCUT2D eigenvalue weighted by atomic mass is 10.0. The van der Waals surface area contributed by atoms with Crippen LogP contribution in [0.15, 0.2) is 60.3 Å². The first kappa shape index (κ1) is 17.6. The number of nitriles is 1. The van der Waals surface area contributed by atoms with Gasteiger partial charge in [-0.2, -0.15) is 5.26 Å². The predicted octanol–water partition coefficient (Wildman–Crippen LogP) is 4.92. The third-order valence-electron chi connectivity index (χ3n) is 3.42. The third kappa shape index (κ3) is 4.61. The molecule has 0 saturated carbocycles. The summed E-state index contributed by atoms with van der Waals surface area (Å²) in [5.41, 5.74) is 2.46. The zero-order valence-corrected chi connectivity index (χ0v) is 14.3. The van der Waals surface area contributed by atoms with Crippen molar-refractivity contribution in [2.75, 3.05) is 10.6 Å². The van der Waals surface area contributed by atoms with Crippen molar-refractivity contribution in [3.05, 3.63) is 70.9 Å². The monoisotopic (exact) mass is 339 g/mol. The maximum Gasteiger partial charge on any atom is 0.267 e. The van der Waals surface area contributed by atoms with Crippen molar-refractivity contribution in [1.82, 2.24) is 0 Å². The number of halogens is 1. The average molecular weight is 340 g/mol. The summed E-state index contributed by atoms with van der Waals surface area (Å²) in [7, 11) is 0. The molecule has 0 heterocycles. The van der Waals surface area contributed by atoms with E-state index in [9.17, 15) is 10.1 Å². The van der Waals surface area contributed by atoms with E-state index < -0.39 is 5.91 Å². The molecule has 0 fully saturated rings. The van der Waals surface area contributed by atoms with Crippen molar-refractivity contribution < 1.29 is 4.79 Å². The Morgan fingerprint density at radius 3 is 2.46 bits per heavy atom. The van der Waals surface area contributed by atoms with E-state index in [1.54, 1.807) is 24.3 Å². The van der Waals surface area contributed by atoms with Crippen LogP contribution in [-0.4, -0.2) is 5.91 Å². The fraction of sp³-hybridized carbons (Fsp3) is 0.158. The second-order valence-corrected chi connectivity index (χ2v) is 5.95. The number of carbonyl (C=O) groups is 1. The summed E-state index contributed by atoms with van der Waals surface area (Å²) in [6, 6.07) is 16.5. The van der Waals surface area contributed by atoms with Gasteiger partial charge in [0.25, 0.3) is 5.91 Å². The summed E-state index contributed by atoms with van der Waals surface area (Å²) in [4.78, 5) is 12.3. The Hall–Kier alpha value is -2.77. The Morgan fingerprint density at radius 2 is 1.83 bits per heavy atom. The summed E-state index contributed by atoms with van der Waals surface area (Å²) >= 11 is 5.82.